The minimum absolute atomic E-state index is 0.0709. The van der Waals surface area contributed by atoms with Crippen LogP contribution in [0.5, 0.6) is 0 Å². The summed E-state index contributed by atoms with van der Waals surface area (Å²) in [6.07, 6.45) is 4.42. The number of halogens is 1. The first kappa shape index (κ1) is 17.9. The molecular formula is C16H18ClN3O4S. The molecule has 1 amide bonds. The van der Waals surface area contributed by atoms with Crippen LogP contribution in [0.25, 0.3) is 0 Å². The maximum Gasteiger partial charge on any atom is 0.255 e. The molecule has 134 valence electrons. The first-order valence-electron chi connectivity index (χ1n) is 7.72. The lowest BCUT2D eigenvalue weighted by Crippen LogP contribution is -2.47. The maximum absolute atomic E-state index is 12.8. The van der Waals surface area contributed by atoms with Gasteiger partial charge in [0.15, 0.2) is 9.84 Å². The van der Waals surface area contributed by atoms with Crippen LogP contribution in [-0.4, -0.2) is 61.1 Å². The van der Waals surface area contributed by atoms with Gasteiger partial charge < -0.3 is 9.64 Å². The van der Waals surface area contributed by atoms with Crippen LogP contribution in [0.1, 0.15) is 10.4 Å². The average Bonchev–Trinajstić information content (AvgIpc) is 3.07. The van der Waals surface area contributed by atoms with E-state index in [0.29, 0.717) is 26.2 Å². The maximum atomic E-state index is 12.8. The van der Waals surface area contributed by atoms with Crippen LogP contribution in [0, 0.1) is 0 Å². The fourth-order valence-corrected chi connectivity index (χ4v) is 3.55. The van der Waals surface area contributed by atoms with E-state index in [4.69, 9.17) is 16.3 Å². The summed E-state index contributed by atoms with van der Waals surface area (Å²) < 4.78 is 30.9. The summed E-state index contributed by atoms with van der Waals surface area (Å²) in [4.78, 5) is 14.5. The van der Waals surface area contributed by atoms with E-state index in [2.05, 4.69) is 5.10 Å². The van der Waals surface area contributed by atoms with Gasteiger partial charge in [0, 0.05) is 31.7 Å². The second-order valence-electron chi connectivity index (χ2n) is 5.89. The number of aromatic nitrogens is 2. The number of hydrogen-bond acceptors (Lipinski definition) is 5. The molecule has 7 nitrogen and oxygen atoms in total. The van der Waals surface area contributed by atoms with E-state index in [9.17, 15) is 13.2 Å². The van der Waals surface area contributed by atoms with Crippen LogP contribution in [0.3, 0.4) is 0 Å². The Morgan fingerprint density at radius 2 is 2.24 bits per heavy atom. The predicted molar refractivity (Wildman–Crippen MR) is 92.4 cm³/mol. The highest BCUT2D eigenvalue weighted by Crippen LogP contribution is 2.23. The zero-order chi connectivity index (χ0) is 18.0. The summed E-state index contributed by atoms with van der Waals surface area (Å²) in [6, 6.07) is 5.99. The third-order valence-corrected chi connectivity index (χ3v) is 5.41. The predicted octanol–water partition coefficient (Wildman–Crippen LogP) is 1.48. The zero-order valence-electron chi connectivity index (χ0n) is 13.6. The number of hydrogen-bond donors (Lipinski definition) is 0. The Labute approximate surface area is 151 Å². The van der Waals surface area contributed by atoms with Gasteiger partial charge in [0.1, 0.15) is 0 Å². The molecule has 1 unspecified atom stereocenters. The first-order valence-corrected chi connectivity index (χ1v) is 9.99. The van der Waals surface area contributed by atoms with Crippen LogP contribution < -0.4 is 0 Å². The highest BCUT2D eigenvalue weighted by Gasteiger charge is 2.27. The number of carbonyl (C=O) groups excluding carboxylic acids is 1. The van der Waals surface area contributed by atoms with Crippen molar-refractivity contribution in [2.75, 3.05) is 26.0 Å². The van der Waals surface area contributed by atoms with Gasteiger partial charge in [0.05, 0.1) is 34.7 Å². The van der Waals surface area contributed by atoms with Crippen LogP contribution >= 0.6 is 11.6 Å². The molecule has 2 aromatic rings. The zero-order valence-corrected chi connectivity index (χ0v) is 15.2. The van der Waals surface area contributed by atoms with Crippen molar-refractivity contribution in [3.63, 3.8) is 0 Å². The molecule has 2 heterocycles. The van der Waals surface area contributed by atoms with Gasteiger partial charge in [-0.2, -0.15) is 5.10 Å². The molecule has 1 aromatic heterocycles. The quantitative estimate of drug-likeness (QED) is 0.798. The Balaban J connectivity index is 1.78. The molecule has 1 atom stereocenters. The topological polar surface area (TPSA) is 81.5 Å². The minimum atomic E-state index is -3.42. The first-order chi connectivity index (χ1) is 11.8. The number of sulfone groups is 1. The van der Waals surface area contributed by atoms with Crippen LogP contribution in [0.2, 0.25) is 5.02 Å². The van der Waals surface area contributed by atoms with Crippen molar-refractivity contribution < 1.29 is 17.9 Å². The second-order valence-corrected chi connectivity index (χ2v) is 8.31. The molecule has 0 saturated carbocycles. The van der Waals surface area contributed by atoms with Gasteiger partial charge in [-0.1, -0.05) is 11.6 Å². The number of amides is 1. The van der Waals surface area contributed by atoms with Crippen molar-refractivity contribution in [3.8, 4) is 0 Å². The molecule has 1 aromatic carbocycles. The fraction of sp³-hybridized carbons (Fsp3) is 0.375. The summed E-state index contributed by atoms with van der Waals surface area (Å²) in [5.74, 6) is -0.302. The van der Waals surface area contributed by atoms with Gasteiger partial charge >= 0.3 is 0 Å². The molecule has 0 radical (unpaired) electrons. The number of benzene rings is 1. The molecule has 0 spiro atoms. The van der Waals surface area contributed by atoms with E-state index in [0.717, 1.165) is 6.26 Å². The van der Waals surface area contributed by atoms with Crippen molar-refractivity contribution in [1.82, 2.24) is 14.7 Å². The monoisotopic (exact) mass is 383 g/mol. The molecule has 1 aliphatic heterocycles. The largest absolute Gasteiger partial charge is 0.373 e. The fourth-order valence-electron chi connectivity index (χ4n) is 2.70. The van der Waals surface area contributed by atoms with Crippen LogP contribution in [0.4, 0.5) is 0 Å². The second kappa shape index (κ2) is 7.15. The van der Waals surface area contributed by atoms with Gasteiger partial charge in [-0.15, -0.1) is 0 Å². The van der Waals surface area contributed by atoms with Crippen molar-refractivity contribution in [2.24, 2.45) is 0 Å². The van der Waals surface area contributed by atoms with Gasteiger partial charge in [-0.05, 0) is 24.3 Å². The lowest BCUT2D eigenvalue weighted by Gasteiger charge is -2.33. The highest BCUT2D eigenvalue weighted by molar-refractivity contribution is 7.90. The van der Waals surface area contributed by atoms with E-state index >= 15 is 0 Å². The Morgan fingerprint density at radius 1 is 1.44 bits per heavy atom. The number of carbonyl (C=O) groups is 1. The van der Waals surface area contributed by atoms with E-state index < -0.39 is 9.84 Å². The molecular weight excluding hydrogens is 366 g/mol. The van der Waals surface area contributed by atoms with E-state index in [-0.39, 0.29) is 27.5 Å². The molecule has 1 fully saturated rings. The molecule has 0 bridgehead atoms. The third-order valence-electron chi connectivity index (χ3n) is 3.97. The van der Waals surface area contributed by atoms with Crippen molar-refractivity contribution in [3.05, 3.63) is 47.2 Å². The van der Waals surface area contributed by atoms with Gasteiger partial charge in [0.2, 0.25) is 0 Å². The van der Waals surface area contributed by atoms with E-state index in [1.807, 2.05) is 12.3 Å². The molecule has 0 aliphatic carbocycles. The van der Waals surface area contributed by atoms with Gasteiger partial charge in [-0.3, -0.25) is 9.48 Å². The third kappa shape index (κ3) is 4.20. The van der Waals surface area contributed by atoms with E-state index in [1.54, 1.807) is 15.8 Å². The number of rotatable bonds is 4. The number of ether oxygens (including phenoxy) is 1. The lowest BCUT2D eigenvalue weighted by atomic mass is 10.1. The normalized spacial score (nSPS) is 18.3. The summed E-state index contributed by atoms with van der Waals surface area (Å²) in [7, 11) is -3.42. The summed E-state index contributed by atoms with van der Waals surface area (Å²) in [5, 5.41) is 4.37. The van der Waals surface area contributed by atoms with Gasteiger partial charge in [0.25, 0.3) is 5.91 Å². The standard InChI is InChI=1S/C16H18ClN3O4S/c1-25(22,23)13-3-4-15(17)14(9-13)16(21)19-7-8-24-12(10-19)11-20-6-2-5-18-20/h2-6,9,12H,7-8,10-11H2,1H3. The van der Waals surface area contributed by atoms with Crippen molar-refractivity contribution in [2.45, 2.75) is 17.5 Å². The molecule has 25 heavy (non-hydrogen) atoms. The van der Waals surface area contributed by atoms with Crippen molar-refractivity contribution in [1.29, 1.82) is 0 Å². The number of morpholine rings is 1. The molecule has 0 N–H and O–H groups in total. The summed E-state index contributed by atoms with van der Waals surface area (Å²) in [5.41, 5.74) is 0.185. The van der Waals surface area contributed by atoms with Crippen LogP contribution in [0.15, 0.2) is 41.6 Å². The Kier molecular flexibility index (Phi) is 5.12. The van der Waals surface area contributed by atoms with Crippen LogP contribution in [-0.2, 0) is 21.1 Å². The SMILES string of the molecule is CS(=O)(=O)c1ccc(Cl)c(C(=O)N2CCOC(Cn3cccn3)C2)c1. The number of nitrogens with zero attached hydrogens (tertiary/aromatic N) is 3. The molecule has 1 saturated heterocycles. The lowest BCUT2D eigenvalue weighted by molar-refractivity contribution is -0.0300. The van der Waals surface area contributed by atoms with Crippen molar-refractivity contribution >= 4 is 27.3 Å². The smallest absolute Gasteiger partial charge is 0.255 e. The van der Waals surface area contributed by atoms with E-state index in [1.165, 1.54) is 18.2 Å². The molecule has 9 heteroatoms. The molecule has 3 rings (SSSR count). The minimum Gasteiger partial charge on any atom is -0.373 e. The molecule has 1 aliphatic rings. The Morgan fingerprint density at radius 3 is 2.92 bits per heavy atom. The average molecular weight is 384 g/mol. The Bertz CT molecular complexity index is 868. The summed E-state index contributed by atoms with van der Waals surface area (Å²) in [6.45, 7) is 1.75. The highest BCUT2D eigenvalue weighted by atomic mass is 35.5. The summed E-state index contributed by atoms with van der Waals surface area (Å²) >= 11 is 6.12. The van der Waals surface area contributed by atoms with Gasteiger partial charge in [-0.25, -0.2) is 8.42 Å². The Hall–Kier alpha value is -1.90.